The first kappa shape index (κ1) is 11.2. The van der Waals surface area contributed by atoms with Crippen molar-refractivity contribution >= 4 is 18.3 Å². The van der Waals surface area contributed by atoms with Gasteiger partial charge < -0.3 is 4.74 Å². The highest BCUT2D eigenvalue weighted by atomic mass is 16.5. The molecule has 0 amide bonds. The third kappa shape index (κ3) is 3.38. The second kappa shape index (κ2) is 5.75. The van der Waals surface area contributed by atoms with Gasteiger partial charge in [0.15, 0.2) is 6.29 Å². The molecule has 0 atom stereocenters. The minimum atomic E-state index is -0.587. The molecule has 3 heteroatoms. The molecular weight excluding hydrogens is 192 g/mol. The Morgan fingerprint density at radius 3 is 2.53 bits per heavy atom. The van der Waals surface area contributed by atoms with Crippen molar-refractivity contribution in [1.29, 1.82) is 0 Å². The van der Waals surface area contributed by atoms with Gasteiger partial charge in [0, 0.05) is 0 Å². The number of carbonyl (C=O) groups is 2. The molecule has 0 saturated carbocycles. The molecule has 0 aliphatic heterocycles. The van der Waals surface area contributed by atoms with Gasteiger partial charge in [0.25, 0.3) is 0 Å². The predicted molar refractivity (Wildman–Crippen MR) is 57.1 cm³/mol. The van der Waals surface area contributed by atoms with Crippen molar-refractivity contribution in [3.8, 4) is 0 Å². The van der Waals surface area contributed by atoms with Crippen molar-refractivity contribution in [1.82, 2.24) is 0 Å². The van der Waals surface area contributed by atoms with E-state index in [2.05, 4.69) is 0 Å². The monoisotopic (exact) mass is 204 g/mol. The smallest absolute Gasteiger partial charge is 0.341 e. The number of rotatable bonds is 4. The fourth-order valence-electron chi connectivity index (χ4n) is 1.08. The summed E-state index contributed by atoms with van der Waals surface area (Å²) in [6, 6.07) is 9.15. The van der Waals surface area contributed by atoms with Crippen LogP contribution in [0.5, 0.6) is 0 Å². The summed E-state index contributed by atoms with van der Waals surface area (Å²) in [5.74, 6) is -0.587. The van der Waals surface area contributed by atoms with Gasteiger partial charge in [-0.15, -0.1) is 0 Å². The average Bonchev–Trinajstić information content (AvgIpc) is 2.27. The molecule has 0 unspecified atom stereocenters. The lowest BCUT2D eigenvalue weighted by Gasteiger charge is -2.00. The fourth-order valence-corrected chi connectivity index (χ4v) is 1.08. The summed E-state index contributed by atoms with van der Waals surface area (Å²) in [6.07, 6.45) is 2.01. The van der Waals surface area contributed by atoms with Crippen LogP contribution in [-0.4, -0.2) is 18.9 Å². The first-order valence-corrected chi connectivity index (χ1v) is 4.67. The van der Waals surface area contributed by atoms with E-state index in [1.54, 1.807) is 6.92 Å². The topological polar surface area (TPSA) is 43.4 Å². The molecule has 3 nitrogen and oxygen atoms in total. The molecule has 15 heavy (non-hydrogen) atoms. The Kier molecular flexibility index (Phi) is 4.29. The highest BCUT2D eigenvalue weighted by molar-refractivity contribution is 6.11. The molecule has 0 heterocycles. The van der Waals surface area contributed by atoms with E-state index in [9.17, 15) is 9.59 Å². The Morgan fingerprint density at radius 2 is 2.00 bits per heavy atom. The Morgan fingerprint density at radius 1 is 1.33 bits per heavy atom. The number of esters is 1. The molecule has 78 valence electrons. The van der Waals surface area contributed by atoms with Crippen molar-refractivity contribution in [2.45, 2.75) is 6.92 Å². The summed E-state index contributed by atoms with van der Waals surface area (Å²) in [6.45, 7) is 1.96. The largest absolute Gasteiger partial charge is 0.462 e. The van der Waals surface area contributed by atoms with E-state index >= 15 is 0 Å². The highest BCUT2D eigenvalue weighted by Crippen LogP contribution is 2.06. The molecule has 0 aromatic heterocycles. The quantitative estimate of drug-likeness (QED) is 0.247. The molecule has 0 bridgehead atoms. The predicted octanol–water partition coefficient (Wildman–Crippen LogP) is 1.83. The van der Waals surface area contributed by atoms with Gasteiger partial charge in [0.1, 0.15) is 0 Å². The minimum absolute atomic E-state index is 0.0306. The number of ether oxygens (including phenoxy) is 1. The molecule has 1 aromatic carbocycles. The van der Waals surface area contributed by atoms with Gasteiger partial charge in [-0.3, -0.25) is 4.79 Å². The van der Waals surface area contributed by atoms with E-state index in [1.165, 1.54) is 6.08 Å². The molecule has 1 aromatic rings. The second-order valence-electron chi connectivity index (χ2n) is 2.85. The maximum Gasteiger partial charge on any atom is 0.341 e. The lowest BCUT2D eigenvalue weighted by Crippen LogP contribution is -2.08. The van der Waals surface area contributed by atoms with Crippen molar-refractivity contribution in [3.63, 3.8) is 0 Å². The SMILES string of the molecule is CCOC(=O)C(C=O)=Cc1ccccc1. The molecule has 0 N–H and O–H groups in total. The fraction of sp³-hybridized carbons (Fsp3) is 0.167. The number of benzene rings is 1. The Bertz CT molecular complexity index is 366. The number of hydrogen-bond acceptors (Lipinski definition) is 3. The van der Waals surface area contributed by atoms with Crippen molar-refractivity contribution in [3.05, 3.63) is 41.5 Å². The average molecular weight is 204 g/mol. The van der Waals surface area contributed by atoms with E-state index in [0.29, 0.717) is 6.29 Å². The van der Waals surface area contributed by atoms with E-state index in [4.69, 9.17) is 4.74 Å². The van der Waals surface area contributed by atoms with E-state index in [0.717, 1.165) is 5.56 Å². The van der Waals surface area contributed by atoms with E-state index in [1.807, 2.05) is 30.3 Å². The van der Waals surface area contributed by atoms with Gasteiger partial charge in [-0.1, -0.05) is 30.3 Å². The highest BCUT2D eigenvalue weighted by Gasteiger charge is 2.08. The number of carbonyl (C=O) groups excluding carboxylic acids is 2. The van der Waals surface area contributed by atoms with E-state index in [-0.39, 0.29) is 12.2 Å². The first-order chi connectivity index (χ1) is 7.27. The molecule has 0 saturated heterocycles. The van der Waals surface area contributed by atoms with Crippen molar-refractivity contribution in [2.24, 2.45) is 0 Å². The minimum Gasteiger partial charge on any atom is -0.462 e. The zero-order valence-electron chi connectivity index (χ0n) is 8.47. The van der Waals surface area contributed by atoms with Crippen LogP contribution in [0.4, 0.5) is 0 Å². The van der Waals surface area contributed by atoms with Gasteiger partial charge >= 0.3 is 5.97 Å². The van der Waals surface area contributed by atoms with Crippen LogP contribution in [0.15, 0.2) is 35.9 Å². The maximum atomic E-state index is 11.3. The van der Waals surface area contributed by atoms with Crippen LogP contribution in [0.25, 0.3) is 6.08 Å². The molecular formula is C12H12O3. The van der Waals surface area contributed by atoms with Crippen LogP contribution in [-0.2, 0) is 14.3 Å². The molecule has 0 radical (unpaired) electrons. The summed E-state index contributed by atoms with van der Waals surface area (Å²) in [5, 5.41) is 0. The van der Waals surface area contributed by atoms with Gasteiger partial charge in [-0.25, -0.2) is 4.79 Å². The van der Waals surface area contributed by atoms with Crippen LogP contribution in [0.3, 0.4) is 0 Å². The van der Waals surface area contributed by atoms with E-state index < -0.39 is 5.97 Å². The zero-order valence-corrected chi connectivity index (χ0v) is 8.47. The summed E-state index contributed by atoms with van der Waals surface area (Å²) >= 11 is 0. The standard InChI is InChI=1S/C12H12O3/c1-2-15-12(14)11(9-13)8-10-6-4-3-5-7-10/h3-9H,2H2,1H3. The summed E-state index contributed by atoms with van der Waals surface area (Å²) < 4.78 is 4.73. The van der Waals surface area contributed by atoms with Gasteiger partial charge in [-0.2, -0.15) is 0 Å². The third-order valence-corrected chi connectivity index (χ3v) is 1.76. The number of aldehydes is 1. The molecule has 0 spiro atoms. The first-order valence-electron chi connectivity index (χ1n) is 4.67. The lowest BCUT2D eigenvalue weighted by molar-refractivity contribution is -0.138. The van der Waals surface area contributed by atoms with Crippen molar-refractivity contribution in [2.75, 3.05) is 6.61 Å². The molecule has 0 aliphatic rings. The summed E-state index contributed by atoms with van der Waals surface area (Å²) in [5.41, 5.74) is 0.829. The molecule has 1 rings (SSSR count). The third-order valence-electron chi connectivity index (χ3n) is 1.76. The molecule has 0 fully saturated rings. The van der Waals surface area contributed by atoms with Crippen LogP contribution in [0.2, 0.25) is 0 Å². The molecule has 0 aliphatic carbocycles. The summed E-state index contributed by atoms with van der Waals surface area (Å²) in [7, 11) is 0. The van der Waals surface area contributed by atoms with Crippen LogP contribution in [0.1, 0.15) is 12.5 Å². The second-order valence-corrected chi connectivity index (χ2v) is 2.85. The van der Waals surface area contributed by atoms with Gasteiger partial charge in [0.2, 0.25) is 0 Å². The summed E-state index contributed by atoms with van der Waals surface area (Å²) in [4.78, 5) is 21.9. The number of hydrogen-bond donors (Lipinski definition) is 0. The van der Waals surface area contributed by atoms with Crippen LogP contribution >= 0.6 is 0 Å². The van der Waals surface area contributed by atoms with Gasteiger partial charge in [0.05, 0.1) is 12.2 Å². The lowest BCUT2D eigenvalue weighted by atomic mass is 10.1. The Hall–Kier alpha value is -1.90. The Labute approximate surface area is 88.4 Å². The van der Waals surface area contributed by atoms with Crippen LogP contribution in [0, 0.1) is 0 Å². The Balaban J connectivity index is 2.87. The normalized spacial score (nSPS) is 10.9. The van der Waals surface area contributed by atoms with Crippen molar-refractivity contribution < 1.29 is 14.3 Å². The zero-order chi connectivity index (χ0) is 11.1. The van der Waals surface area contributed by atoms with Crippen LogP contribution < -0.4 is 0 Å². The maximum absolute atomic E-state index is 11.3. The van der Waals surface area contributed by atoms with Gasteiger partial charge in [-0.05, 0) is 18.6 Å².